The predicted molar refractivity (Wildman–Crippen MR) is 72.3 cm³/mol. The minimum Gasteiger partial charge on any atom is -0.356 e. The molecule has 0 bridgehead atoms. The number of carbonyl (C=O) groups excluding carboxylic acids is 1. The van der Waals surface area contributed by atoms with Crippen molar-refractivity contribution in [1.29, 1.82) is 0 Å². The van der Waals surface area contributed by atoms with Crippen LogP contribution in [0.15, 0.2) is 24.3 Å². The fourth-order valence-electron chi connectivity index (χ4n) is 2.02. The number of imidazole rings is 1. The molecule has 1 amide bonds. The van der Waals surface area contributed by atoms with Gasteiger partial charge < -0.3 is 9.88 Å². The molecule has 1 aromatic carbocycles. The number of aromatic nitrogens is 2. The van der Waals surface area contributed by atoms with E-state index in [1.54, 1.807) is 0 Å². The molecule has 4 nitrogen and oxygen atoms in total. The molecule has 1 aromatic heterocycles. The van der Waals surface area contributed by atoms with E-state index in [9.17, 15) is 4.79 Å². The number of amides is 1. The van der Waals surface area contributed by atoms with Gasteiger partial charge in [0.05, 0.1) is 11.0 Å². The molecule has 0 saturated carbocycles. The molecular weight excluding hydrogens is 226 g/mol. The summed E-state index contributed by atoms with van der Waals surface area (Å²) in [5.41, 5.74) is 2.19. The third-order valence-corrected chi connectivity index (χ3v) is 3.10. The van der Waals surface area contributed by atoms with Gasteiger partial charge in [0.25, 0.3) is 0 Å². The molecule has 0 fully saturated rings. The van der Waals surface area contributed by atoms with Gasteiger partial charge in [-0.2, -0.15) is 0 Å². The summed E-state index contributed by atoms with van der Waals surface area (Å²) in [6.45, 7) is 2.58. The molecule has 0 saturated heterocycles. The zero-order valence-electron chi connectivity index (χ0n) is 10.9. The van der Waals surface area contributed by atoms with Crippen LogP contribution in [-0.4, -0.2) is 22.0 Å². The molecule has 1 N–H and O–H groups in total. The Morgan fingerprint density at radius 1 is 1.39 bits per heavy atom. The van der Waals surface area contributed by atoms with Crippen LogP contribution in [0.1, 0.15) is 25.6 Å². The molecule has 96 valence electrons. The lowest BCUT2D eigenvalue weighted by Gasteiger charge is -2.04. The topological polar surface area (TPSA) is 46.9 Å². The number of fused-ring (bicyclic) bond motifs is 1. The molecule has 1 heterocycles. The predicted octanol–water partition coefficient (Wildman–Crippen LogP) is 2.03. The van der Waals surface area contributed by atoms with E-state index >= 15 is 0 Å². The number of para-hydroxylation sites is 2. The van der Waals surface area contributed by atoms with Crippen molar-refractivity contribution in [2.24, 2.45) is 7.05 Å². The number of carbonyl (C=O) groups is 1. The van der Waals surface area contributed by atoms with Crippen LogP contribution in [0.4, 0.5) is 0 Å². The van der Waals surface area contributed by atoms with E-state index in [-0.39, 0.29) is 5.91 Å². The van der Waals surface area contributed by atoms with Crippen LogP contribution in [0, 0.1) is 0 Å². The highest BCUT2D eigenvalue weighted by molar-refractivity contribution is 5.76. The maximum absolute atomic E-state index is 11.1. The van der Waals surface area contributed by atoms with Crippen molar-refractivity contribution in [1.82, 2.24) is 14.9 Å². The molecule has 0 radical (unpaired) electrons. The lowest BCUT2D eigenvalue weighted by Crippen LogP contribution is -2.23. The van der Waals surface area contributed by atoms with Crippen LogP contribution >= 0.6 is 0 Å². The summed E-state index contributed by atoms with van der Waals surface area (Å²) in [6.07, 6.45) is 2.35. The van der Waals surface area contributed by atoms with Crippen LogP contribution in [0.3, 0.4) is 0 Å². The summed E-state index contributed by atoms with van der Waals surface area (Å²) in [4.78, 5) is 15.7. The normalized spacial score (nSPS) is 10.8. The molecule has 0 unspecified atom stereocenters. The van der Waals surface area contributed by atoms with E-state index in [0.717, 1.165) is 36.2 Å². The summed E-state index contributed by atoms with van der Waals surface area (Å²) in [5, 5.41) is 2.88. The lowest BCUT2D eigenvalue weighted by atomic mass is 10.3. The second kappa shape index (κ2) is 5.67. The van der Waals surface area contributed by atoms with Crippen LogP contribution in [-0.2, 0) is 18.3 Å². The summed E-state index contributed by atoms with van der Waals surface area (Å²) in [5.74, 6) is 1.18. The molecule has 0 atom stereocenters. The van der Waals surface area contributed by atoms with Gasteiger partial charge in [-0.3, -0.25) is 4.79 Å². The van der Waals surface area contributed by atoms with Gasteiger partial charge in [-0.25, -0.2) is 4.98 Å². The minimum absolute atomic E-state index is 0.111. The molecule has 2 aromatic rings. The fraction of sp³-hybridized carbons (Fsp3) is 0.429. The SMILES string of the molecule is CCC(=O)NCCCc1nc2ccccc2n1C. The van der Waals surface area contributed by atoms with Gasteiger partial charge in [0.1, 0.15) is 5.82 Å². The van der Waals surface area contributed by atoms with Gasteiger partial charge in [-0.05, 0) is 18.6 Å². The highest BCUT2D eigenvalue weighted by Crippen LogP contribution is 2.14. The number of rotatable bonds is 5. The van der Waals surface area contributed by atoms with E-state index in [1.807, 2.05) is 32.2 Å². The van der Waals surface area contributed by atoms with Gasteiger partial charge in [0.15, 0.2) is 0 Å². The maximum atomic E-state index is 11.1. The first-order valence-electron chi connectivity index (χ1n) is 6.39. The van der Waals surface area contributed by atoms with E-state index < -0.39 is 0 Å². The Labute approximate surface area is 107 Å². The smallest absolute Gasteiger partial charge is 0.219 e. The minimum atomic E-state index is 0.111. The molecule has 0 aliphatic carbocycles. The van der Waals surface area contributed by atoms with Crippen LogP contribution in [0.25, 0.3) is 11.0 Å². The van der Waals surface area contributed by atoms with Crippen molar-refractivity contribution in [3.05, 3.63) is 30.1 Å². The number of benzene rings is 1. The highest BCUT2D eigenvalue weighted by Gasteiger charge is 2.06. The van der Waals surface area contributed by atoms with Gasteiger partial charge in [0, 0.05) is 26.4 Å². The standard InChI is InChI=1S/C14H19N3O/c1-3-14(18)15-10-6-9-13-16-11-7-4-5-8-12(11)17(13)2/h4-5,7-8H,3,6,9-10H2,1-2H3,(H,15,18). The van der Waals surface area contributed by atoms with Crippen molar-refractivity contribution >= 4 is 16.9 Å². The molecule has 0 spiro atoms. The zero-order valence-corrected chi connectivity index (χ0v) is 10.9. The second-order valence-electron chi connectivity index (χ2n) is 4.38. The molecule has 18 heavy (non-hydrogen) atoms. The number of nitrogens with zero attached hydrogens (tertiary/aromatic N) is 2. The Bertz CT molecular complexity index is 545. The third kappa shape index (κ3) is 2.70. The Morgan fingerprint density at radius 3 is 2.89 bits per heavy atom. The van der Waals surface area contributed by atoms with E-state index in [0.29, 0.717) is 6.42 Å². The van der Waals surface area contributed by atoms with Gasteiger partial charge >= 0.3 is 0 Å². The van der Waals surface area contributed by atoms with Crippen molar-refractivity contribution < 1.29 is 4.79 Å². The Balaban J connectivity index is 1.95. The lowest BCUT2D eigenvalue weighted by molar-refractivity contribution is -0.120. The average molecular weight is 245 g/mol. The third-order valence-electron chi connectivity index (χ3n) is 3.10. The maximum Gasteiger partial charge on any atom is 0.219 e. The summed E-state index contributed by atoms with van der Waals surface area (Å²) < 4.78 is 2.12. The number of nitrogens with one attached hydrogen (secondary N) is 1. The Hall–Kier alpha value is -1.84. The Morgan fingerprint density at radius 2 is 2.17 bits per heavy atom. The first-order chi connectivity index (χ1) is 8.72. The largest absolute Gasteiger partial charge is 0.356 e. The van der Waals surface area contributed by atoms with Crippen molar-refractivity contribution in [3.8, 4) is 0 Å². The first-order valence-corrected chi connectivity index (χ1v) is 6.39. The van der Waals surface area contributed by atoms with Crippen LogP contribution < -0.4 is 5.32 Å². The van der Waals surface area contributed by atoms with Gasteiger partial charge in [-0.1, -0.05) is 19.1 Å². The number of aryl methyl sites for hydroxylation is 2. The number of hydrogen-bond acceptors (Lipinski definition) is 2. The van der Waals surface area contributed by atoms with Crippen LogP contribution in [0.5, 0.6) is 0 Å². The van der Waals surface area contributed by atoms with Gasteiger partial charge in [0.2, 0.25) is 5.91 Å². The van der Waals surface area contributed by atoms with Crippen molar-refractivity contribution in [2.45, 2.75) is 26.2 Å². The fourth-order valence-corrected chi connectivity index (χ4v) is 2.02. The summed E-state index contributed by atoms with van der Waals surface area (Å²) >= 11 is 0. The van der Waals surface area contributed by atoms with E-state index in [4.69, 9.17) is 0 Å². The Kier molecular flexibility index (Phi) is 3.97. The van der Waals surface area contributed by atoms with Crippen molar-refractivity contribution in [3.63, 3.8) is 0 Å². The summed E-state index contributed by atoms with van der Waals surface area (Å²) in [6, 6.07) is 8.12. The summed E-state index contributed by atoms with van der Waals surface area (Å²) in [7, 11) is 2.04. The zero-order chi connectivity index (χ0) is 13.0. The molecule has 4 heteroatoms. The van der Waals surface area contributed by atoms with E-state index in [1.165, 1.54) is 0 Å². The monoisotopic (exact) mass is 245 g/mol. The van der Waals surface area contributed by atoms with Crippen molar-refractivity contribution in [2.75, 3.05) is 6.54 Å². The molecular formula is C14H19N3O. The highest BCUT2D eigenvalue weighted by atomic mass is 16.1. The quantitative estimate of drug-likeness (QED) is 0.819. The van der Waals surface area contributed by atoms with Crippen LogP contribution in [0.2, 0.25) is 0 Å². The second-order valence-corrected chi connectivity index (χ2v) is 4.38. The number of hydrogen-bond donors (Lipinski definition) is 1. The molecule has 0 aliphatic heterocycles. The van der Waals surface area contributed by atoms with Gasteiger partial charge in [-0.15, -0.1) is 0 Å². The average Bonchev–Trinajstić information content (AvgIpc) is 2.72. The van der Waals surface area contributed by atoms with E-state index in [2.05, 4.69) is 20.9 Å². The molecule has 2 rings (SSSR count). The first kappa shape index (κ1) is 12.6. The molecule has 0 aliphatic rings.